The predicted molar refractivity (Wildman–Crippen MR) is 63.5 cm³/mol. The fourth-order valence-corrected chi connectivity index (χ4v) is 1.08. The van der Waals surface area contributed by atoms with E-state index in [4.69, 9.17) is 18.1 Å². The zero-order valence-corrected chi connectivity index (χ0v) is 9.38. The first kappa shape index (κ1) is 13.5. The maximum Gasteiger partial charge on any atom is 0.279 e. The molecule has 0 bridgehead atoms. The van der Waals surface area contributed by atoms with Crippen molar-refractivity contribution in [1.82, 2.24) is 5.43 Å². The maximum absolute atomic E-state index is 10.5. The van der Waals surface area contributed by atoms with Gasteiger partial charge in [0.25, 0.3) is 5.69 Å². The number of hydrazine groups is 1. The molecule has 5 nitrogen and oxygen atoms in total. The van der Waals surface area contributed by atoms with Crippen LogP contribution in [-0.2, 0) is 0 Å². The number of thiocarbonyl (C=S) groups is 1. The number of hydrogen-bond donors (Lipinski definition) is 2. The number of nitrogens with two attached hydrogens (primary N) is 1. The van der Waals surface area contributed by atoms with Crippen molar-refractivity contribution >= 4 is 22.9 Å². The Morgan fingerprint density at radius 2 is 2.00 bits per heavy atom. The molecule has 0 atom stereocenters. The van der Waals surface area contributed by atoms with Gasteiger partial charge in [0.1, 0.15) is 4.99 Å². The number of para-hydroxylation sites is 1. The van der Waals surface area contributed by atoms with Gasteiger partial charge in [-0.05, 0) is 6.07 Å². The summed E-state index contributed by atoms with van der Waals surface area (Å²) in [4.78, 5) is 10.2. The molecule has 0 amide bonds. The average molecular weight is 227 g/mol. The van der Waals surface area contributed by atoms with Gasteiger partial charge in [0.2, 0.25) is 0 Å². The molecule has 0 aromatic heterocycles. The molecule has 3 N–H and O–H groups in total. The second-order valence-electron chi connectivity index (χ2n) is 2.25. The molecular formula is C9H13N3O2S. The standard InChI is InChI=1S/C7H7N3O2S.C2H6/c8-9-7(13)5-3-1-2-4-6(5)10(11)12;1-2/h1-4H,8H2,(H,9,13);1-2H3. The lowest BCUT2D eigenvalue weighted by Crippen LogP contribution is -2.29. The molecule has 6 heteroatoms. The van der Waals surface area contributed by atoms with Gasteiger partial charge >= 0.3 is 0 Å². The highest BCUT2D eigenvalue weighted by atomic mass is 32.1. The zero-order valence-electron chi connectivity index (χ0n) is 8.56. The summed E-state index contributed by atoms with van der Waals surface area (Å²) >= 11 is 4.79. The number of nitro benzene ring substituents is 1. The molecule has 0 saturated carbocycles. The molecule has 0 fully saturated rings. The first-order chi connectivity index (χ1) is 7.16. The van der Waals surface area contributed by atoms with Gasteiger partial charge in [-0.1, -0.05) is 38.2 Å². The minimum Gasteiger partial charge on any atom is -0.314 e. The Morgan fingerprint density at radius 1 is 1.47 bits per heavy atom. The van der Waals surface area contributed by atoms with Crippen LogP contribution in [0.15, 0.2) is 24.3 Å². The second kappa shape index (κ2) is 6.86. The average Bonchev–Trinajstić information content (AvgIpc) is 2.30. The molecule has 1 rings (SSSR count). The fraction of sp³-hybridized carbons (Fsp3) is 0.222. The van der Waals surface area contributed by atoms with E-state index >= 15 is 0 Å². The molecule has 0 aliphatic carbocycles. The van der Waals surface area contributed by atoms with E-state index in [0.29, 0.717) is 5.56 Å². The van der Waals surface area contributed by atoms with Crippen molar-refractivity contribution in [2.24, 2.45) is 5.84 Å². The molecule has 0 unspecified atom stereocenters. The van der Waals surface area contributed by atoms with Crippen LogP contribution < -0.4 is 11.3 Å². The quantitative estimate of drug-likeness (QED) is 0.348. The predicted octanol–water partition coefficient (Wildman–Crippen LogP) is 1.76. The van der Waals surface area contributed by atoms with Gasteiger partial charge in [0.15, 0.2) is 0 Å². The van der Waals surface area contributed by atoms with E-state index in [1.807, 2.05) is 13.8 Å². The van der Waals surface area contributed by atoms with E-state index in [0.717, 1.165) is 0 Å². The smallest absolute Gasteiger partial charge is 0.279 e. The minimum absolute atomic E-state index is 0.0505. The van der Waals surface area contributed by atoms with Crippen LogP contribution in [0.5, 0.6) is 0 Å². The molecule has 0 aliphatic heterocycles. The van der Waals surface area contributed by atoms with E-state index in [-0.39, 0.29) is 10.7 Å². The van der Waals surface area contributed by atoms with Crippen molar-refractivity contribution in [3.63, 3.8) is 0 Å². The highest BCUT2D eigenvalue weighted by Gasteiger charge is 2.14. The lowest BCUT2D eigenvalue weighted by Gasteiger charge is -2.02. The third-order valence-electron chi connectivity index (χ3n) is 1.48. The first-order valence-corrected chi connectivity index (χ1v) is 4.82. The normalized spacial score (nSPS) is 8.47. The van der Waals surface area contributed by atoms with Crippen LogP contribution in [0.4, 0.5) is 5.69 Å². The number of nitro groups is 1. The molecular weight excluding hydrogens is 214 g/mol. The van der Waals surface area contributed by atoms with Gasteiger partial charge in [0, 0.05) is 6.07 Å². The van der Waals surface area contributed by atoms with E-state index in [1.54, 1.807) is 18.2 Å². The van der Waals surface area contributed by atoms with Gasteiger partial charge in [0.05, 0.1) is 10.5 Å². The van der Waals surface area contributed by atoms with Gasteiger partial charge in [-0.3, -0.25) is 10.1 Å². The van der Waals surface area contributed by atoms with Crippen LogP contribution in [0, 0.1) is 10.1 Å². The van der Waals surface area contributed by atoms with E-state index in [2.05, 4.69) is 5.43 Å². The van der Waals surface area contributed by atoms with E-state index in [9.17, 15) is 10.1 Å². The number of benzene rings is 1. The summed E-state index contributed by atoms with van der Waals surface area (Å²) in [5, 5.41) is 10.5. The minimum atomic E-state index is -0.501. The SMILES string of the molecule is CC.NNC(=S)c1ccccc1[N+](=O)[O-]. The molecule has 1 aromatic rings. The maximum atomic E-state index is 10.5. The van der Waals surface area contributed by atoms with Crippen LogP contribution in [0.1, 0.15) is 19.4 Å². The molecule has 0 heterocycles. The van der Waals surface area contributed by atoms with Crippen molar-refractivity contribution in [2.75, 3.05) is 0 Å². The van der Waals surface area contributed by atoms with Crippen molar-refractivity contribution in [1.29, 1.82) is 0 Å². The van der Waals surface area contributed by atoms with Crippen molar-refractivity contribution in [3.05, 3.63) is 39.9 Å². The summed E-state index contributed by atoms with van der Waals surface area (Å²) in [7, 11) is 0. The number of nitrogens with one attached hydrogen (secondary N) is 1. The van der Waals surface area contributed by atoms with Crippen LogP contribution in [0.25, 0.3) is 0 Å². The number of nitrogens with zero attached hydrogens (tertiary/aromatic N) is 1. The van der Waals surface area contributed by atoms with Gasteiger partial charge in [-0.15, -0.1) is 0 Å². The Bertz CT molecular complexity index is 355. The van der Waals surface area contributed by atoms with Crippen LogP contribution >= 0.6 is 12.2 Å². The monoisotopic (exact) mass is 227 g/mol. The number of hydrogen-bond acceptors (Lipinski definition) is 4. The van der Waals surface area contributed by atoms with Gasteiger partial charge in [-0.2, -0.15) is 0 Å². The highest BCUT2D eigenvalue weighted by molar-refractivity contribution is 7.80. The third kappa shape index (κ3) is 3.61. The lowest BCUT2D eigenvalue weighted by molar-refractivity contribution is -0.385. The summed E-state index contributed by atoms with van der Waals surface area (Å²) in [6, 6.07) is 6.14. The molecule has 0 spiro atoms. The second-order valence-corrected chi connectivity index (χ2v) is 2.66. The van der Waals surface area contributed by atoms with Crippen molar-refractivity contribution in [2.45, 2.75) is 13.8 Å². The number of rotatable bonds is 2. The molecule has 15 heavy (non-hydrogen) atoms. The third-order valence-corrected chi connectivity index (χ3v) is 1.81. The zero-order chi connectivity index (χ0) is 11.8. The van der Waals surface area contributed by atoms with Gasteiger partial charge < -0.3 is 5.43 Å². The highest BCUT2D eigenvalue weighted by Crippen LogP contribution is 2.17. The molecule has 82 valence electrons. The summed E-state index contributed by atoms with van der Waals surface area (Å²) in [6.07, 6.45) is 0. The van der Waals surface area contributed by atoms with E-state index < -0.39 is 4.92 Å². The summed E-state index contributed by atoms with van der Waals surface area (Å²) in [5.74, 6) is 5.06. The summed E-state index contributed by atoms with van der Waals surface area (Å²) < 4.78 is 0. The Morgan fingerprint density at radius 3 is 2.47 bits per heavy atom. The Labute approximate surface area is 93.4 Å². The van der Waals surface area contributed by atoms with Crippen molar-refractivity contribution in [3.8, 4) is 0 Å². The molecule has 1 aromatic carbocycles. The van der Waals surface area contributed by atoms with Crippen LogP contribution in [0.3, 0.4) is 0 Å². The molecule has 0 saturated heterocycles. The van der Waals surface area contributed by atoms with Gasteiger partial charge in [-0.25, -0.2) is 5.84 Å². The summed E-state index contributed by atoms with van der Waals surface area (Å²) in [6.45, 7) is 4.00. The topological polar surface area (TPSA) is 81.2 Å². The Hall–Kier alpha value is -1.53. The molecule has 0 aliphatic rings. The Balaban J connectivity index is 0.000000921. The van der Waals surface area contributed by atoms with Crippen LogP contribution in [-0.4, -0.2) is 9.91 Å². The summed E-state index contributed by atoms with van der Waals surface area (Å²) in [5.41, 5.74) is 2.48. The van der Waals surface area contributed by atoms with Crippen LogP contribution in [0.2, 0.25) is 0 Å². The Kier molecular flexibility index (Phi) is 6.16. The van der Waals surface area contributed by atoms with Crippen molar-refractivity contribution < 1.29 is 4.92 Å². The largest absolute Gasteiger partial charge is 0.314 e. The molecule has 0 radical (unpaired) electrons. The van der Waals surface area contributed by atoms with E-state index in [1.165, 1.54) is 6.07 Å². The first-order valence-electron chi connectivity index (χ1n) is 4.41. The fourth-order valence-electron chi connectivity index (χ4n) is 0.903. The lowest BCUT2D eigenvalue weighted by atomic mass is 10.2.